The first-order valence-electron chi connectivity index (χ1n) is 9.56. The molecule has 2 aromatic heterocycles. The minimum Gasteiger partial charge on any atom is -0.507 e. The fourth-order valence-electron chi connectivity index (χ4n) is 3.62. The number of aromatic hydroxyl groups is 1. The van der Waals surface area contributed by atoms with Crippen LogP contribution < -0.4 is 5.56 Å². The molecule has 2 heterocycles. The number of phenols is 1. The number of hydrogen-bond acceptors (Lipinski definition) is 4. The van der Waals surface area contributed by atoms with Crippen LogP contribution in [0, 0.1) is 6.92 Å². The summed E-state index contributed by atoms with van der Waals surface area (Å²) in [6, 6.07) is 22.0. The third kappa shape index (κ3) is 2.86. The van der Waals surface area contributed by atoms with Crippen molar-refractivity contribution in [1.29, 1.82) is 0 Å². The molecular weight excluding hydrogens is 376 g/mol. The standard InChI is InChI=1S/C24H18N4O2/c1-16-25-20-11-5-6-12-21(20)27(16)28-23(15-14-17-8-2-7-13-22(17)29)26-19-10-4-3-9-18(19)24(28)30/h2-15,29H,1H3/b15-14+. The summed E-state index contributed by atoms with van der Waals surface area (Å²) in [6.45, 7) is 1.86. The predicted octanol–water partition coefficient (Wildman–Crippen LogP) is 4.24. The lowest BCUT2D eigenvalue weighted by Gasteiger charge is -2.14. The van der Waals surface area contributed by atoms with Crippen LogP contribution in [-0.2, 0) is 0 Å². The van der Waals surface area contributed by atoms with Gasteiger partial charge in [0.2, 0.25) is 0 Å². The number of imidazole rings is 1. The molecule has 0 atom stereocenters. The lowest BCUT2D eigenvalue weighted by atomic mass is 10.2. The molecule has 6 nitrogen and oxygen atoms in total. The molecule has 0 aliphatic rings. The Morgan fingerprint density at radius 3 is 2.33 bits per heavy atom. The zero-order valence-electron chi connectivity index (χ0n) is 16.2. The second-order valence-corrected chi connectivity index (χ2v) is 6.96. The van der Waals surface area contributed by atoms with Crippen molar-refractivity contribution in [2.24, 2.45) is 0 Å². The third-order valence-electron chi connectivity index (χ3n) is 5.03. The van der Waals surface area contributed by atoms with E-state index in [4.69, 9.17) is 4.98 Å². The van der Waals surface area contributed by atoms with Crippen LogP contribution in [0.3, 0.4) is 0 Å². The van der Waals surface area contributed by atoms with Crippen molar-refractivity contribution in [2.75, 3.05) is 0 Å². The van der Waals surface area contributed by atoms with Gasteiger partial charge < -0.3 is 5.11 Å². The van der Waals surface area contributed by atoms with Gasteiger partial charge in [-0.2, -0.15) is 4.68 Å². The van der Waals surface area contributed by atoms with Gasteiger partial charge in [-0.25, -0.2) is 14.6 Å². The number of aryl methyl sites for hydroxylation is 1. The largest absolute Gasteiger partial charge is 0.507 e. The number of phenolic OH excluding ortho intramolecular Hbond substituents is 1. The Balaban J connectivity index is 1.83. The molecule has 0 aliphatic carbocycles. The van der Waals surface area contributed by atoms with Crippen LogP contribution in [0.4, 0.5) is 0 Å². The first-order valence-corrected chi connectivity index (χ1v) is 9.56. The van der Waals surface area contributed by atoms with E-state index in [-0.39, 0.29) is 11.3 Å². The van der Waals surface area contributed by atoms with Crippen molar-refractivity contribution in [2.45, 2.75) is 6.92 Å². The molecule has 0 saturated carbocycles. The Kier molecular flexibility index (Phi) is 4.17. The zero-order chi connectivity index (χ0) is 20.7. The summed E-state index contributed by atoms with van der Waals surface area (Å²) in [5.74, 6) is 1.27. The topological polar surface area (TPSA) is 72.9 Å². The fraction of sp³-hybridized carbons (Fsp3) is 0.0417. The molecule has 5 rings (SSSR count). The van der Waals surface area contributed by atoms with Gasteiger partial charge in [0, 0.05) is 5.56 Å². The molecule has 0 amide bonds. The summed E-state index contributed by atoms with van der Waals surface area (Å²) >= 11 is 0. The molecule has 0 aliphatic heterocycles. The number of benzene rings is 3. The molecule has 0 fully saturated rings. The van der Waals surface area contributed by atoms with Crippen LogP contribution in [0.2, 0.25) is 0 Å². The highest BCUT2D eigenvalue weighted by Gasteiger charge is 2.15. The van der Waals surface area contributed by atoms with Crippen molar-refractivity contribution in [3.05, 3.63) is 100 Å². The second kappa shape index (κ2) is 7.00. The quantitative estimate of drug-likeness (QED) is 0.497. The van der Waals surface area contributed by atoms with Gasteiger partial charge in [0.25, 0.3) is 5.56 Å². The van der Waals surface area contributed by atoms with E-state index in [0.29, 0.717) is 28.1 Å². The van der Waals surface area contributed by atoms with Gasteiger partial charge in [0.05, 0.1) is 21.9 Å². The molecule has 0 saturated heterocycles. The Labute approximate surface area is 172 Å². The second-order valence-electron chi connectivity index (χ2n) is 6.96. The van der Waals surface area contributed by atoms with Crippen LogP contribution in [0.5, 0.6) is 5.75 Å². The number of para-hydroxylation sites is 4. The van der Waals surface area contributed by atoms with Crippen LogP contribution in [0.25, 0.3) is 34.1 Å². The molecule has 0 radical (unpaired) electrons. The minimum absolute atomic E-state index is 0.160. The highest BCUT2D eigenvalue weighted by molar-refractivity contribution is 5.81. The van der Waals surface area contributed by atoms with Crippen molar-refractivity contribution in [3.8, 4) is 5.75 Å². The molecule has 146 valence electrons. The van der Waals surface area contributed by atoms with Crippen molar-refractivity contribution in [1.82, 2.24) is 19.3 Å². The fourth-order valence-corrected chi connectivity index (χ4v) is 3.62. The van der Waals surface area contributed by atoms with Gasteiger partial charge in [-0.15, -0.1) is 0 Å². The maximum absolute atomic E-state index is 13.5. The first kappa shape index (κ1) is 17.9. The van der Waals surface area contributed by atoms with E-state index in [1.54, 1.807) is 41.1 Å². The zero-order valence-corrected chi connectivity index (χ0v) is 16.2. The maximum atomic E-state index is 13.5. The number of rotatable bonds is 3. The molecule has 1 N–H and O–H groups in total. The summed E-state index contributed by atoms with van der Waals surface area (Å²) in [6.07, 6.45) is 3.48. The summed E-state index contributed by atoms with van der Waals surface area (Å²) < 4.78 is 3.31. The molecule has 0 bridgehead atoms. The lowest BCUT2D eigenvalue weighted by Crippen LogP contribution is -2.30. The monoisotopic (exact) mass is 394 g/mol. The smallest absolute Gasteiger partial charge is 0.281 e. The average molecular weight is 394 g/mol. The lowest BCUT2D eigenvalue weighted by molar-refractivity contribution is 0.474. The molecule has 0 spiro atoms. The molecule has 0 unspecified atom stereocenters. The SMILES string of the molecule is Cc1nc2ccccc2n1-n1c(/C=C/c2ccccc2O)nc2ccccc2c1=O. The molecule has 5 aromatic rings. The highest BCUT2D eigenvalue weighted by Crippen LogP contribution is 2.21. The Bertz CT molecular complexity index is 1490. The van der Waals surface area contributed by atoms with Crippen molar-refractivity contribution < 1.29 is 5.11 Å². The molecule has 30 heavy (non-hydrogen) atoms. The van der Waals surface area contributed by atoms with E-state index in [1.807, 2.05) is 55.5 Å². The van der Waals surface area contributed by atoms with Gasteiger partial charge in [-0.1, -0.05) is 42.5 Å². The maximum Gasteiger partial charge on any atom is 0.281 e. The van der Waals surface area contributed by atoms with E-state index in [1.165, 1.54) is 4.68 Å². The molecule has 6 heteroatoms. The van der Waals surface area contributed by atoms with Crippen LogP contribution >= 0.6 is 0 Å². The van der Waals surface area contributed by atoms with Crippen LogP contribution in [0.15, 0.2) is 77.6 Å². The summed E-state index contributed by atoms with van der Waals surface area (Å²) in [5.41, 5.74) is 2.66. The Morgan fingerprint density at radius 2 is 1.50 bits per heavy atom. The van der Waals surface area contributed by atoms with Gasteiger partial charge in [-0.05, 0) is 49.4 Å². The summed E-state index contributed by atoms with van der Waals surface area (Å²) in [7, 11) is 0. The Hall–Kier alpha value is -4.19. The van der Waals surface area contributed by atoms with E-state index in [9.17, 15) is 9.90 Å². The normalized spacial score (nSPS) is 11.6. The summed E-state index contributed by atoms with van der Waals surface area (Å²) in [5, 5.41) is 10.6. The first-order chi connectivity index (χ1) is 14.6. The molecule has 3 aromatic carbocycles. The van der Waals surface area contributed by atoms with Crippen LogP contribution in [-0.4, -0.2) is 24.4 Å². The molecular formula is C24H18N4O2. The van der Waals surface area contributed by atoms with E-state index in [0.717, 1.165) is 11.0 Å². The Morgan fingerprint density at radius 1 is 0.800 bits per heavy atom. The van der Waals surface area contributed by atoms with Gasteiger partial charge in [0.15, 0.2) is 5.82 Å². The predicted molar refractivity (Wildman–Crippen MR) is 118 cm³/mol. The third-order valence-corrected chi connectivity index (χ3v) is 5.03. The van der Waals surface area contributed by atoms with Crippen molar-refractivity contribution in [3.63, 3.8) is 0 Å². The van der Waals surface area contributed by atoms with Gasteiger partial charge in [0.1, 0.15) is 11.6 Å². The number of aromatic nitrogens is 4. The van der Waals surface area contributed by atoms with Crippen LogP contribution in [0.1, 0.15) is 17.2 Å². The van der Waals surface area contributed by atoms with E-state index < -0.39 is 0 Å². The number of nitrogens with zero attached hydrogens (tertiary/aromatic N) is 4. The van der Waals surface area contributed by atoms with Crippen molar-refractivity contribution >= 4 is 34.1 Å². The average Bonchev–Trinajstić information content (AvgIpc) is 3.09. The highest BCUT2D eigenvalue weighted by atomic mass is 16.3. The van der Waals surface area contributed by atoms with E-state index >= 15 is 0 Å². The minimum atomic E-state index is -0.191. The van der Waals surface area contributed by atoms with Gasteiger partial charge >= 0.3 is 0 Å². The summed E-state index contributed by atoms with van der Waals surface area (Å²) in [4.78, 5) is 22.8. The van der Waals surface area contributed by atoms with E-state index in [2.05, 4.69) is 4.98 Å². The number of fused-ring (bicyclic) bond motifs is 2. The number of hydrogen-bond donors (Lipinski definition) is 1. The van der Waals surface area contributed by atoms with Gasteiger partial charge in [-0.3, -0.25) is 4.79 Å².